The molecule has 18 heavy (non-hydrogen) atoms. The number of aliphatic hydroxyl groups excluding tert-OH is 1. The zero-order chi connectivity index (χ0) is 13.5. The molecule has 1 amide bonds. The lowest BCUT2D eigenvalue weighted by molar-refractivity contribution is 0.0686. The van der Waals surface area contributed by atoms with Gasteiger partial charge in [0.2, 0.25) is 0 Å². The highest BCUT2D eigenvalue weighted by Crippen LogP contribution is 2.05. The van der Waals surface area contributed by atoms with Gasteiger partial charge in [-0.1, -0.05) is 0 Å². The van der Waals surface area contributed by atoms with E-state index in [1.165, 1.54) is 25.4 Å². The molecule has 1 atom stereocenters. The van der Waals surface area contributed by atoms with Gasteiger partial charge in [0.15, 0.2) is 0 Å². The van der Waals surface area contributed by atoms with Gasteiger partial charge in [-0.3, -0.25) is 9.78 Å². The zero-order valence-electron chi connectivity index (χ0n) is 9.79. The minimum absolute atomic E-state index is 0.122. The topological polar surface area (TPSA) is 109 Å². The molecule has 0 bridgehead atoms. The van der Waals surface area contributed by atoms with Gasteiger partial charge >= 0.3 is 5.97 Å². The molecule has 0 fully saturated rings. The molecule has 0 aliphatic heterocycles. The van der Waals surface area contributed by atoms with Crippen LogP contribution in [0.4, 0.5) is 0 Å². The van der Waals surface area contributed by atoms with Crippen LogP contribution < -0.4 is 5.32 Å². The highest BCUT2D eigenvalue weighted by atomic mass is 16.5. The third-order valence-electron chi connectivity index (χ3n) is 2.18. The molecule has 98 valence electrons. The van der Waals surface area contributed by atoms with Crippen LogP contribution in [0.15, 0.2) is 18.3 Å². The number of rotatable bonds is 6. The van der Waals surface area contributed by atoms with Gasteiger partial charge in [-0.15, -0.1) is 0 Å². The van der Waals surface area contributed by atoms with Gasteiger partial charge in [-0.05, 0) is 12.1 Å². The lowest BCUT2D eigenvalue weighted by Gasteiger charge is -2.15. The lowest BCUT2D eigenvalue weighted by Crippen LogP contribution is -2.41. The minimum Gasteiger partial charge on any atom is -0.478 e. The third kappa shape index (κ3) is 3.51. The van der Waals surface area contributed by atoms with Gasteiger partial charge in [-0.2, -0.15) is 0 Å². The largest absolute Gasteiger partial charge is 0.478 e. The summed E-state index contributed by atoms with van der Waals surface area (Å²) in [7, 11) is 1.43. The van der Waals surface area contributed by atoms with Crippen LogP contribution in [0.25, 0.3) is 0 Å². The van der Waals surface area contributed by atoms with Crippen LogP contribution in [0.2, 0.25) is 0 Å². The minimum atomic E-state index is -1.24. The van der Waals surface area contributed by atoms with Crippen LogP contribution in [0, 0.1) is 0 Å². The van der Waals surface area contributed by atoms with E-state index in [-0.39, 0.29) is 24.5 Å². The van der Waals surface area contributed by atoms with E-state index in [0.29, 0.717) is 0 Å². The standard InChI is InChI=1S/C11H14N2O5/c1-18-6-7(5-14)13-10(15)9-8(11(16)17)3-2-4-12-9/h2-4,7,14H,5-6H2,1H3,(H,13,15)(H,16,17). The van der Waals surface area contributed by atoms with Crippen LogP contribution in [-0.4, -0.2) is 53.4 Å². The summed E-state index contributed by atoms with van der Waals surface area (Å²) in [4.78, 5) is 26.5. The number of nitrogens with one attached hydrogen (secondary N) is 1. The summed E-state index contributed by atoms with van der Waals surface area (Å²) < 4.78 is 4.80. The number of aromatic nitrogens is 1. The highest BCUT2D eigenvalue weighted by Gasteiger charge is 2.20. The molecule has 0 saturated heterocycles. The number of hydrogen-bond donors (Lipinski definition) is 3. The molecular weight excluding hydrogens is 240 g/mol. The fraction of sp³-hybridized carbons (Fsp3) is 0.364. The fourth-order valence-electron chi connectivity index (χ4n) is 1.35. The average Bonchev–Trinajstić information content (AvgIpc) is 2.38. The average molecular weight is 254 g/mol. The summed E-state index contributed by atoms with van der Waals surface area (Å²) in [5.41, 5.74) is -0.386. The predicted octanol–water partition coefficient (Wildman–Crippen LogP) is -0.483. The van der Waals surface area contributed by atoms with Crippen molar-refractivity contribution in [3.8, 4) is 0 Å². The van der Waals surface area contributed by atoms with Crippen molar-refractivity contribution in [3.05, 3.63) is 29.6 Å². The van der Waals surface area contributed by atoms with Crippen molar-refractivity contribution in [3.63, 3.8) is 0 Å². The number of aromatic carboxylic acids is 1. The van der Waals surface area contributed by atoms with E-state index < -0.39 is 17.9 Å². The summed E-state index contributed by atoms with van der Waals surface area (Å²) in [5.74, 6) is -1.90. The van der Waals surface area contributed by atoms with Gasteiger partial charge in [0.25, 0.3) is 5.91 Å². The van der Waals surface area contributed by atoms with E-state index in [0.717, 1.165) is 0 Å². The zero-order valence-corrected chi connectivity index (χ0v) is 9.79. The van der Waals surface area contributed by atoms with Gasteiger partial charge in [0, 0.05) is 13.3 Å². The molecule has 1 heterocycles. The van der Waals surface area contributed by atoms with Crippen molar-refractivity contribution in [1.29, 1.82) is 0 Å². The SMILES string of the molecule is COCC(CO)NC(=O)c1ncccc1C(=O)O. The van der Waals surface area contributed by atoms with Gasteiger partial charge in [0.05, 0.1) is 24.8 Å². The van der Waals surface area contributed by atoms with Crippen molar-refractivity contribution >= 4 is 11.9 Å². The van der Waals surface area contributed by atoms with Gasteiger partial charge in [0.1, 0.15) is 5.69 Å². The Hall–Kier alpha value is -1.99. The first kappa shape index (κ1) is 14.1. The Morgan fingerprint density at radius 1 is 1.56 bits per heavy atom. The van der Waals surface area contributed by atoms with Crippen LogP contribution in [0.5, 0.6) is 0 Å². The Balaban J connectivity index is 2.87. The second kappa shape index (κ2) is 6.67. The molecule has 0 aromatic carbocycles. The van der Waals surface area contributed by atoms with Crippen molar-refractivity contribution < 1.29 is 24.5 Å². The van der Waals surface area contributed by atoms with Gasteiger partial charge < -0.3 is 20.3 Å². The van der Waals surface area contributed by atoms with Crippen LogP contribution >= 0.6 is 0 Å². The number of carboxylic acids is 1. The number of carbonyl (C=O) groups excluding carboxylic acids is 1. The number of carboxylic acid groups (broad SMARTS) is 1. The fourth-order valence-corrected chi connectivity index (χ4v) is 1.35. The normalized spacial score (nSPS) is 11.9. The first-order valence-corrected chi connectivity index (χ1v) is 5.19. The van der Waals surface area contributed by atoms with Crippen molar-refractivity contribution in [2.75, 3.05) is 20.3 Å². The second-order valence-corrected chi connectivity index (χ2v) is 3.51. The third-order valence-corrected chi connectivity index (χ3v) is 2.18. The van der Waals surface area contributed by atoms with Crippen molar-refractivity contribution in [1.82, 2.24) is 10.3 Å². The molecule has 1 aromatic heterocycles. The quantitative estimate of drug-likeness (QED) is 0.632. The van der Waals surface area contributed by atoms with Crippen molar-refractivity contribution in [2.45, 2.75) is 6.04 Å². The molecule has 7 nitrogen and oxygen atoms in total. The summed E-state index contributed by atoms with van der Waals surface area (Å²) >= 11 is 0. The first-order valence-electron chi connectivity index (χ1n) is 5.19. The van der Waals surface area contributed by atoms with E-state index in [1.54, 1.807) is 0 Å². The number of carbonyl (C=O) groups is 2. The highest BCUT2D eigenvalue weighted by molar-refractivity contribution is 6.03. The smallest absolute Gasteiger partial charge is 0.338 e. The summed E-state index contributed by atoms with van der Waals surface area (Å²) in [6.07, 6.45) is 1.33. The molecule has 1 aromatic rings. The molecule has 0 aliphatic carbocycles. The number of nitrogens with zero attached hydrogens (tertiary/aromatic N) is 1. The lowest BCUT2D eigenvalue weighted by atomic mass is 10.1. The molecule has 7 heteroatoms. The number of hydrogen-bond acceptors (Lipinski definition) is 5. The van der Waals surface area contributed by atoms with E-state index in [2.05, 4.69) is 10.3 Å². The number of ether oxygens (including phenoxy) is 1. The molecule has 0 radical (unpaired) electrons. The Morgan fingerprint density at radius 2 is 2.28 bits per heavy atom. The predicted molar refractivity (Wildman–Crippen MR) is 61.4 cm³/mol. The first-order chi connectivity index (χ1) is 8.60. The monoisotopic (exact) mass is 254 g/mol. The van der Waals surface area contributed by atoms with Crippen molar-refractivity contribution in [2.24, 2.45) is 0 Å². The maximum atomic E-state index is 11.8. The maximum Gasteiger partial charge on any atom is 0.338 e. The summed E-state index contributed by atoms with van der Waals surface area (Å²) in [6.45, 7) is -0.188. The summed E-state index contributed by atoms with van der Waals surface area (Å²) in [5, 5.41) is 20.4. The Labute approximate surface area is 103 Å². The number of amides is 1. The number of methoxy groups -OCH3 is 1. The molecule has 0 spiro atoms. The van der Waals surface area contributed by atoms with Gasteiger partial charge in [-0.25, -0.2) is 4.79 Å². The molecule has 3 N–H and O–H groups in total. The van der Waals surface area contributed by atoms with E-state index in [1.807, 2.05) is 0 Å². The number of aliphatic hydroxyl groups is 1. The van der Waals surface area contributed by atoms with Crippen LogP contribution in [-0.2, 0) is 4.74 Å². The maximum absolute atomic E-state index is 11.8. The molecular formula is C11H14N2O5. The van der Waals surface area contributed by atoms with E-state index >= 15 is 0 Å². The molecule has 1 rings (SSSR count). The molecule has 0 saturated carbocycles. The second-order valence-electron chi connectivity index (χ2n) is 3.51. The van der Waals surface area contributed by atoms with Crippen LogP contribution in [0.3, 0.4) is 0 Å². The Kier molecular flexibility index (Phi) is 5.22. The Bertz CT molecular complexity index is 435. The van der Waals surface area contributed by atoms with Crippen LogP contribution in [0.1, 0.15) is 20.8 Å². The molecule has 1 unspecified atom stereocenters. The molecule has 0 aliphatic rings. The van der Waals surface area contributed by atoms with E-state index in [9.17, 15) is 9.59 Å². The Morgan fingerprint density at radius 3 is 2.83 bits per heavy atom. The summed E-state index contributed by atoms with van der Waals surface area (Å²) in [6, 6.07) is 2.11. The number of pyridine rings is 1. The van der Waals surface area contributed by atoms with E-state index in [4.69, 9.17) is 14.9 Å².